The summed E-state index contributed by atoms with van der Waals surface area (Å²) in [7, 11) is 0. The Morgan fingerprint density at radius 2 is 1.83 bits per heavy atom. The molecule has 0 saturated heterocycles. The van der Waals surface area contributed by atoms with Crippen molar-refractivity contribution in [2.75, 3.05) is 6.61 Å². The molecule has 1 heterocycles. The minimum absolute atomic E-state index is 0.115. The van der Waals surface area contributed by atoms with E-state index in [-0.39, 0.29) is 6.42 Å². The van der Waals surface area contributed by atoms with E-state index < -0.39 is 5.97 Å². The van der Waals surface area contributed by atoms with Crippen LogP contribution in [0.3, 0.4) is 0 Å². The predicted molar refractivity (Wildman–Crippen MR) is 120 cm³/mol. The van der Waals surface area contributed by atoms with E-state index in [9.17, 15) is 4.79 Å². The molecular formula is C26H25NO3. The largest absolute Gasteiger partial charge is 0.493 e. The van der Waals surface area contributed by atoms with E-state index in [2.05, 4.69) is 60.4 Å². The Labute approximate surface area is 176 Å². The summed E-state index contributed by atoms with van der Waals surface area (Å²) >= 11 is 0. The van der Waals surface area contributed by atoms with E-state index in [1.54, 1.807) is 0 Å². The van der Waals surface area contributed by atoms with Crippen LogP contribution in [0.2, 0.25) is 0 Å². The van der Waals surface area contributed by atoms with Crippen molar-refractivity contribution in [2.45, 2.75) is 26.2 Å². The quantitative estimate of drug-likeness (QED) is 0.395. The van der Waals surface area contributed by atoms with Gasteiger partial charge in [-0.05, 0) is 65.8 Å². The molecule has 30 heavy (non-hydrogen) atoms. The van der Waals surface area contributed by atoms with E-state index in [4.69, 9.17) is 9.84 Å². The van der Waals surface area contributed by atoms with Crippen molar-refractivity contribution in [3.63, 3.8) is 0 Å². The maximum atomic E-state index is 11.0. The number of carboxylic acid groups (broad SMARTS) is 1. The molecule has 4 nitrogen and oxygen atoms in total. The van der Waals surface area contributed by atoms with Crippen LogP contribution in [-0.2, 0) is 17.6 Å². The highest BCUT2D eigenvalue weighted by molar-refractivity contribution is 5.86. The zero-order valence-corrected chi connectivity index (χ0v) is 17.0. The molecule has 0 saturated carbocycles. The van der Waals surface area contributed by atoms with Crippen LogP contribution in [0, 0.1) is 6.92 Å². The number of aryl methyl sites for hydroxylation is 2. The molecule has 4 rings (SSSR count). The second kappa shape index (κ2) is 8.87. The molecule has 0 bridgehead atoms. The van der Waals surface area contributed by atoms with Crippen molar-refractivity contribution in [3.05, 3.63) is 89.6 Å². The highest BCUT2D eigenvalue weighted by Crippen LogP contribution is 2.33. The smallest absolute Gasteiger partial charge is 0.303 e. The second-order valence-electron chi connectivity index (χ2n) is 7.59. The Morgan fingerprint density at radius 1 is 0.967 bits per heavy atom. The van der Waals surface area contributed by atoms with Crippen molar-refractivity contribution >= 4 is 16.9 Å². The van der Waals surface area contributed by atoms with Crippen molar-refractivity contribution in [1.82, 2.24) is 4.98 Å². The number of hydrogen-bond acceptors (Lipinski definition) is 2. The summed E-state index contributed by atoms with van der Waals surface area (Å²) in [6.07, 6.45) is 3.37. The lowest BCUT2D eigenvalue weighted by Gasteiger charge is -2.14. The molecule has 0 aliphatic carbocycles. The van der Waals surface area contributed by atoms with Crippen LogP contribution >= 0.6 is 0 Å². The van der Waals surface area contributed by atoms with E-state index in [0.717, 1.165) is 39.8 Å². The first-order chi connectivity index (χ1) is 14.6. The maximum Gasteiger partial charge on any atom is 0.303 e. The van der Waals surface area contributed by atoms with E-state index in [0.29, 0.717) is 13.0 Å². The van der Waals surface area contributed by atoms with Crippen LogP contribution < -0.4 is 4.74 Å². The molecule has 0 aliphatic rings. The van der Waals surface area contributed by atoms with E-state index in [1.165, 1.54) is 11.1 Å². The number of carbonyl (C=O) groups is 1. The molecule has 152 valence electrons. The number of hydrogen-bond donors (Lipinski definition) is 2. The number of aliphatic carboxylic acids is 1. The summed E-state index contributed by atoms with van der Waals surface area (Å²) in [4.78, 5) is 14.2. The number of aromatic amines is 1. The average molecular weight is 399 g/mol. The van der Waals surface area contributed by atoms with Gasteiger partial charge >= 0.3 is 5.97 Å². The Hall–Kier alpha value is -3.53. The van der Waals surface area contributed by atoms with Gasteiger partial charge in [-0.3, -0.25) is 4.79 Å². The summed E-state index contributed by atoms with van der Waals surface area (Å²) in [5.41, 5.74) is 6.63. The fraction of sp³-hybridized carbons (Fsp3) is 0.192. The van der Waals surface area contributed by atoms with Crippen LogP contribution in [0.15, 0.2) is 72.9 Å². The van der Waals surface area contributed by atoms with Crippen molar-refractivity contribution in [3.8, 4) is 16.9 Å². The third-order valence-corrected chi connectivity index (χ3v) is 5.27. The number of H-pyrrole nitrogens is 1. The summed E-state index contributed by atoms with van der Waals surface area (Å²) in [6, 6.07) is 22.8. The van der Waals surface area contributed by atoms with E-state index >= 15 is 0 Å². The van der Waals surface area contributed by atoms with Gasteiger partial charge in [0.1, 0.15) is 5.75 Å². The molecule has 0 atom stereocenters. The van der Waals surface area contributed by atoms with Gasteiger partial charge in [-0.1, -0.05) is 42.0 Å². The number of fused-ring (bicyclic) bond motifs is 1. The first-order valence-corrected chi connectivity index (χ1v) is 10.2. The Morgan fingerprint density at radius 3 is 2.67 bits per heavy atom. The SMILES string of the molecule is Cc1cccc(CCOc2ccc(CCC(=O)O)cc2-c2ccc3[nH]ccc3c2)c1. The Bertz CT molecular complexity index is 1180. The van der Waals surface area contributed by atoms with Crippen LogP contribution in [0.1, 0.15) is 23.1 Å². The molecule has 0 radical (unpaired) electrons. The third-order valence-electron chi connectivity index (χ3n) is 5.27. The molecule has 4 heteroatoms. The number of aromatic nitrogens is 1. The summed E-state index contributed by atoms with van der Waals surface area (Å²) in [5, 5.41) is 10.2. The van der Waals surface area contributed by atoms with Gasteiger partial charge in [-0.25, -0.2) is 0 Å². The lowest BCUT2D eigenvalue weighted by molar-refractivity contribution is -0.136. The normalized spacial score (nSPS) is 11.0. The average Bonchev–Trinajstić information content (AvgIpc) is 3.21. The zero-order chi connectivity index (χ0) is 20.9. The second-order valence-corrected chi connectivity index (χ2v) is 7.59. The Balaban J connectivity index is 1.60. The predicted octanol–water partition coefficient (Wildman–Crippen LogP) is 5.78. The van der Waals surface area contributed by atoms with Crippen molar-refractivity contribution in [1.29, 1.82) is 0 Å². The lowest BCUT2D eigenvalue weighted by atomic mass is 9.98. The molecule has 0 fully saturated rings. The molecule has 4 aromatic rings. The first-order valence-electron chi connectivity index (χ1n) is 10.2. The topological polar surface area (TPSA) is 62.3 Å². The standard InChI is InChI=1S/C26H25NO3/c1-18-3-2-4-19(15-18)12-14-30-25-9-5-20(6-10-26(28)29)16-23(25)21-7-8-24-22(17-21)11-13-27-24/h2-5,7-9,11,13,15-17,27H,6,10,12,14H2,1H3,(H,28,29). The molecule has 0 aliphatic heterocycles. The number of carboxylic acids is 1. The first kappa shape index (κ1) is 19.8. The summed E-state index contributed by atoms with van der Waals surface area (Å²) in [6.45, 7) is 2.67. The van der Waals surface area contributed by atoms with Crippen LogP contribution in [0.4, 0.5) is 0 Å². The van der Waals surface area contributed by atoms with E-state index in [1.807, 2.05) is 24.4 Å². The summed E-state index contributed by atoms with van der Waals surface area (Å²) in [5.74, 6) is 0.0281. The number of rotatable bonds is 8. The van der Waals surface area contributed by atoms with Gasteiger partial charge in [0, 0.05) is 30.1 Å². The fourth-order valence-electron chi connectivity index (χ4n) is 3.70. The molecule has 0 unspecified atom stereocenters. The Kier molecular flexibility index (Phi) is 5.84. The number of ether oxygens (including phenoxy) is 1. The highest BCUT2D eigenvalue weighted by Gasteiger charge is 2.11. The molecular weight excluding hydrogens is 374 g/mol. The van der Waals surface area contributed by atoms with Gasteiger partial charge in [-0.15, -0.1) is 0 Å². The molecule has 2 N–H and O–H groups in total. The maximum absolute atomic E-state index is 11.0. The van der Waals surface area contributed by atoms with Crippen LogP contribution in [-0.4, -0.2) is 22.7 Å². The van der Waals surface area contributed by atoms with Gasteiger partial charge in [0.2, 0.25) is 0 Å². The molecule has 3 aromatic carbocycles. The highest BCUT2D eigenvalue weighted by atomic mass is 16.5. The molecule has 0 amide bonds. The van der Waals surface area contributed by atoms with Crippen molar-refractivity contribution < 1.29 is 14.6 Å². The zero-order valence-electron chi connectivity index (χ0n) is 17.0. The molecule has 0 spiro atoms. The van der Waals surface area contributed by atoms with Gasteiger partial charge < -0.3 is 14.8 Å². The summed E-state index contributed by atoms with van der Waals surface area (Å²) < 4.78 is 6.19. The lowest BCUT2D eigenvalue weighted by Crippen LogP contribution is -2.03. The van der Waals surface area contributed by atoms with Gasteiger partial charge in [-0.2, -0.15) is 0 Å². The minimum Gasteiger partial charge on any atom is -0.493 e. The van der Waals surface area contributed by atoms with Crippen LogP contribution in [0.25, 0.3) is 22.0 Å². The number of benzene rings is 3. The van der Waals surface area contributed by atoms with Crippen molar-refractivity contribution in [2.24, 2.45) is 0 Å². The third kappa shape index (κ3) is 4.71. The van der Waals surface area contributed by atoms with Gasteiger partial charge in [0.05, 0.1) is 6.61 Å². The monoisotopic (exact) mass is 399 g/mol. The molecule has 1 aromatic heterocycles. The van der Waals surface area contributed by atoms with Gasteiger partial charge in [0.15, 0.2) is 0 Å². The van der Waals surface area contributed by atoms with Crippen LogP contribution in [0.5, 0.6) is 5.75 Å². The number of nitrogens with one attached hydrogen (secondary N) is 1. The minimum atomic E-state index is -0.788. The fourth-order valence-corrected chi connectivity index (χ4v) is 3.70. The van der Waals surface area contributed by atoms with Gasteiger partial charge in [0.25, 0.3) is 0 Å².